The van der Waals surface area contributed by atoms with Crippen molar-refractivity contribution in [3.8, 4) is 11.5 Å². The molecular weight excluding hydrogens is 306 g/mol. The summed E-state index contributed by atoms with van der Waals surface area (Å²) in [5, 5.41) is 21.6. The zero-order valence-electron chi connectivity index (χ0n) is 11.8. The van der Waals surface area contributed by atoms with Crippen molar-refractivity contribution >= 4 is 28.6 Å². The monoisotopic (exact) mass is 321 g/mol. The fourth-order valence-electron chi connectivity index (χ4n) is 1.58. The summed E-state index contributed by atoms with van der Waals surface area (Å²) in [6.45, 7) is 2.26. The van der Waals surface area contributed by atoms with Crippen LogP contribution in [0.1, 0.15) is 17.5 Å². The van der Waals surface area contributed by atoms with Gasteiger partial charge < -0.3 is 15.6 Å². The van der Waals surface area contributed by atoms with E-state index in [0.29, 0.717) is 28.1 Å². The maximum Gasteiger partial charge on any atom is 0.247 e. The molecule has 0 aliphatic rings. The highest BCUT2D eigenvalue weighted by Crippen LogP contribution is 2.26. The molecule has 2 aromatic rings. The minimum absolute atomic E-state index is 0.0527. The summed E-state index contributed by atoms with van der Waals surface area (Å²) >= 11 is 1.15. The summed E-state index contributed by atoms with van der Waals surface area (Å²) < 4.78 is 5.26. The molecule has 116 valence electrons. The van der Waals surface area contributed by atoms with E-state index in [9.17, 15) is 9.90 Å². The molecule has 1 amide bonds. The number of nitrogens with zero attached hydrogens (tertiary/aromatic N) is 3. The van der Waals surface area contributed by atoms with Crippen molar-refractivity contribution in [3.05, 3.63) is 28.8 Å². The van der Waals surface area contributed by atoms with Crippen LogP contribution in [0.25, 0.3) is 0 Å². The average Bonchev–Trinajstić information content (AvgIpc) is 2.88. The highest BCUT2D eigenvalue weighted by atomic mass is 32.1. The Hall–Kier alpha value is -2.68. The topological polar surface area (TPSA) is 123 Å². The van der Waals surface area contributed by atoms with E-state index in [1.165, 1.54) is 12.3 Å². The zero-order valence-corrected chi connectivity index (χ0v) is 12.6. The van der Waals surface area contributed by atoms with Gasteiger partial charge in [-0.25, -0.2) is 5.43 Å². The molecule has 0 fully saturated rings. The summed E-state index contributed by atoms with van der Waals surface area (Å²) in [5.41, 5.74) is 8.50. The summed E-state index contributed by atoms with van der Waals surface area (Å²) in [5.74, 6) is 0.0928. The van der Waals surface area contributed by atoms with Gasteiger partial charge in [0.25, 0.3) is 0 Å². The zero-order chi connectivity index (χ0) is 15.9. The third-order valence-corrected chi connectivity index (χ3v) is 3.23. The van der Waals surface area contributed by atoms with Crippen molar-refractivity contribution in [2.24, 2.45) is 5.10 Å². The van der Waals surface area contributed by atoms with Gasteiger partial charge in [-0.15, -0.1) is 10.2 Å². The first-order chi connectivity index (χ1) is 10.6. The lowest BCUT2D eigenvalue weighted by molar-refractivity contribution is -0.120. The SMILES string of the molecule is CCOc1cc(/C=N\NC(=O)Cc2nnc(N)s2)ccc1O. The van der Waals surface area contributed by atoms with Crippen LogP contribution < -0.4 is 15.9 Å². The van der Waals surface area contributed by atoms with Gasteiger partial charge in [-0.1, -0.05) is 11.3 Å². The Labute approximate surface area is 130 Å². The van der Waals surface area contributed by atoms with E-state index in [1.807, 2.05) is 6.92 Å². The number of nitrogens with two attached hydrogens (primary N) is 1. The molecule has 2 rings (SSSR count). The van der Waals surface area contributed by atoms with Crippen molar-refractivity contribution in [1.29, 1.82) is 0 Å². The van der Waals surface area contributed by atoms with Gasteiger partial charge in [-0.05, 0) is 30.7 Å². The van der Waals surface area contributed by atoms with Crippen molar-refractivity contribution in [2.45, 2.75) is 13.3 Å². The van der Waals surface area contributed by atoms with E-state index in [0.717, 1.165) is 11.3 Å². The average molecular weight is 321 g/mol. The molecule has 0 radical (unpaired) electrons. The quantitative estimate of drug-likeness (QED) is 0.537. The molecule has 0 aliphatic carbocycles. The van der Waals surface area contributed by atoms with Crippen LogP contribution in [0.15, 0.2) is 23.3 Å². The van der Waals surface area contributed by atoms with Crippen LogP contribution in [-0.2, 0) is 11.2 Å². The molecule has 1 heterocycles. The van der Waals surface area contributed by atoms with Crippen LogP contribution in [0.4, 0.5) is 5.13 Å². The summed E-state index contributed by atoms with van der Waals surface area (Å²) in [6.07, 6.45) is 1.51. The molecule has 8 nitrogen and oxygen atoms in total. The summed E-state index contributed by atoms with van der Waals surface area (Å²) in [4.78, 5) is 11.6. The van der Waals surface area contributed by atoms with E-state index < -0.39 is 0 Å². The van der Waals surface area contributed by atoms with Gasteiger partial charge in [-0.3, -0.25) is 4.79 Å². The van der Waals surface area contributed by atoms with Crippen LogP contribution in [0, 0.1) is 0 Å². The Kier molecular flexibility index (Phi) is 5.26. The molecule has 0 aliphatic heterocycles. The second-order valence-electron chi connectivity index (χ2n) is 4.16. The van der Waals surface area contributed by atoms with Gasteiger partial charge in [0, 0.05) is 0 Å². The van der Waals surface area contributed by atoms with E-state index in [-0.39, 0.29) is 18.1 Å². The molecule has 0 saturated heterocycles. The lowest BCUT2D eigenvalue weighted by Crippen LogP contribution is -2.19. The van der Waals surface area contributed by atoms with Crippen LogP contribution in [0.5, 0.6) is 11.5 Å². The Morgan fingerprint density at radius 3 is 3.05 bits per heavy atom. The number of hydrogen-bond donors (Lipinski definition) is 3. The first-order valence-corrected chi connectivity index (χ1v) is 7.25. The molecule has 0 saturated carbocycles. The largest absolute Gasteiger partial charge is 0.504 e. The summed E-state index contributed by atoms with van der Waals surface area (Å²) in [7, 11) is 0. The number of ether oxygens (including phenoxy) is 1. The Morgan fingerprint density at radius 1 is 1.55 bits per heavy atom. The third kappa shape index (κ3) is 4.42. The third-order valence-electron chi connectivity index (χ3n) is 2.48. The lowest BCUT2D eigenvalue weighted by atomic mass is 10.2. The lowest BCUT2D eigenvalue weighted by Gasteiger charge is -2.05. The molecule has 1 aromatic carbocycles. The highest BCUT2D eigenvalue weighted by Gasteiger charge is 2.07. The smallest absolute Gasteiger partial charge is 0.247 e. The number of anilines is 1. The van der Waals surface area contributed by atoms with Crippen molar-refractivity contribution < 1.29 is 14.6 Å². The summed E-state index contributed by atoms with van der Waals surface area (Å²) in [6, 6.07) is 4.77. The van der Waals surface area contributed by atoms with Gasteiger partial charge in [0.1, 0.15) is 5.01 Å². The first-order valence-electron chi connectivity index (χ1n) is 6.44. The molecule has 0 atom stereocenters. The van der Waals surface area contributed by atoms with E-state index in [1.54, 1.807) is 12.1 Å². The van der Waals surface area contributed by atoms with Gasteiger partial charge in [-0.2, -0.15) is 5.10 Å². The highest BCUT2D eigenvalue weighted by molar-refractivity contribution is 7.15. The van der Waals surface area contributed by atoms with Crippen LogP contribution in [0.3, 0.4) is 0 Å². The molecule has 0 unspecified atom stereocenters. The Balaban J connectivity index is 1.91. The maximum absolute atomic E-state index is 11.6. The fourth-order valence-corrected chi connectivity index (χ4v) is 2.18. The van der Waals surface area contributed by atoms with Crippen molar-refractivity contribution in [2.75, 3.05) is 12.3 Å². The number of phenolic OH excluding ortho intramolecular Hbond substituents is 1. The van der Waals surface area contributed by atoms with Crippen LogP contribution in [0.2, 0.25) is 0 Å². The second kappa shape index (κ2) is 7.36. The molecule has 0 bridgehead atoms. The number of nitrogen functional groups attached to an aromatic ring is 1. The van der Waals surface area contributed by atoms with Gasteiger partial charge in [0.2, 0.25) is 11.0 Å². The molecule has 1 aromatic heterocycles. The molecule has 0 spiro atoms. The van der Waals surface area contributed by atoms with Crippen molar-refractivity contribution in [1.82, 2.24) is 15.6 Å². The van der Waals surface area contributed by atoms with Gasteiger partial charge in [0.15, 0.2) is 11.5 Å². The minimum atomic E-state index is -0.323. The number of amides is 1. The van der Waals surface area contributed by atoms with Crippen LogP contribution in [-0.4, -0.2) is 34.0 Å². The van der Waals surface area contributed by atoms with E-state index in [2.05, 4.69) is 20.7 Å². The maximum atomic E-state index is 11.6. The standard InChI is InChI=1S/C13H15N5O3S/c1-2-21-10-5-8(3-4-9(10)19)7-15-16-11(20)6-12-17-18-13(14)22-12/h3-5,7,19H,2,6H2,1H3,(H2,14,18)(H,16,20)/b15-7-. The van der Waals surface area contributed by atoms with Crippen LogP contribution >= 0.6 is 11.3 Å². The number of rotatable bonds is 6. The van der Waals surface area contributed by atoms with Crippen molar-refractivity contribution in [3.63, 3.8) is 0 Å². The first kappa shape index (κ1) is 15.7. The van der Waals surface area contributed by atoms with Gasteiger partial charge in [0.05, 0.1) is 19.2 Å². The number of nitrogens with one attached hydrogen (secondary N) is 1. The number of hydrazone groups is 1. The normalized spacial score (nSPS) is 10.8. The molecular formula is C13H15N5O3S. The number of phenols is 1. The van der Waals surface area contributed by atoms with E-state index >= 15 is 0 Å². The predicted octanol–water partition coefficient (Wildman–Crippen LogP) is 0.917. The number of aromatic hydroxyl groups is 1. The van der Waals surface area contributed by atoms with Gasteiger partial charge >= 0.3 is 0 Å². The second-order valence-corrected chi connectivity index (χ2v) is 5.26. The predicted molar refractivity (Wildman–Crippen MR) is 83.0 cm³/mol. The number of benzene rings is 1. The number of aromatic nitrogens is 2. The number of hydrogen-bond acceptors (Lipinski definition) is 8. The Morgan fingerprint density at radius 2 is 2.36 bits per heavy atom. The van der Waals surface area contributed by atoms with E-state index in [4.69, 9.17) is 10.5 Å². The molecule has 4 N–H and O–H groups in total. The number of carbonyl (C=O) groups is 1. The minimum Gasteiger partial charge on any atom is -0.504 e. The Bertz CT molecular complexity index is 686. The molecule has 22 heavy (non-hydrogen) atoms. The number of carbonyl (C=O) groups excluding carboxylic acids is 1. The molecule has 9 heteroatoms. The fraction of sp³-hybridized carbons (Fsp3) is 0.231.